The minimum atomic E-state index is 0.0161. The van der Waals surface area contributed by atoms with Crippen LogP contribution in [0.15, 0.2) is 42.7 Å². The van der Waals surface area contributed by atoms with Crippen LogP contribution in [-0.4, -0.2) is 10.5 Å². The van der Waals surface area contributed by atoms with Crippen molar-refractivity contribution in [1.82, 2.24) is 9.88 Å². The number of benzene rings is 1. The molecule has 0 radical (unpaired) electrons. The van der Waals surface area contributed by atoms with E-state index in [4.69, 9.17) is 0 Å². The monoisotopic (exact) mass is 310 g/mol. The molecule has 3 nitrogen and oxygen atoms in total. The third-order valence-electron chi connectivity index (χ3n) is 4.24. The van der Waals surface area contributed by atoms with Gasteiger partial charge in [-0.3, -0.25) is 4.79 Å². The molecule has 2 heterocycles. The number of hydrogen-bond donors (Lipinski definition) is 1. The molecule has 1 aliphatic carbocycles. The van der Waals surface area contributed by atoms with Crippen molar-refractivity contribution in [2.75, 3.05) is 0 Å². The number of thiophene rings is 1. The normalized spacial score (nSPS) is 14.4. The summed E-state index contributed by atoms with van der Waals surface area (Å²) in [5.41, 5.74) is 2.37. The lowest BCUT2D eigenvalue weighted by atomic mass is 10.1. The number of hydrogen-bond acceptors (Lipinski definition) is 2. The van der Waals surface area contributed by atoms with Gasteiger partial charge in [-0.25, -0.2) is 0 Å². The van der Waals surface area contributed by atoms with Gasteiger partial charge in [0.25, 0.3) is 5.91 Å². The molecule has 0 aliphatic heterocycles. The average Bonchev–Trinajstić information content (AvgIpc) is 3.16. The Morgan fingerprint density at radius 3 is 2.86 bits per heavy atom. The maximum absolute atomic E-state index is 12.3. The largest absolute Gasteiger partial charge is 0.349 e. The van der Waals surface area contributed by atoms with E-state index in [0.717, 1.165) is 10.4 Å². The van der Waals surface area contributed by atoms with Crippen LogP contribution in [0.1, 0.15) is 39.7 Å². The second kappa shape index (κ2) is 5.29. The number of carbonyl (C=O) groups excluding carboxylic acids is 1. The van der Waals surface area contributed by atoms with Crippen molar-refractivity contribution in [3.8, 4) is 0 Å². The zero-order valence-corrected chi connectivity index (χ0v) is 13.3. The number of fused-ring (bicyclic) bond motifs is 1. The van der Waals surface area contributed by atoms with Gasteiger partial charge in [0.15, 0.2) is 0 Å². The van der Waals surface area contributed by atoms with Crippen LogP contribution in [0.2, 0.25) is 0 Å². The van der Waals surface area contributed by atoms with Gasteiger partial charge in [-0.2, -0.15) is 0 Å². The van der Waals surface area contributed by atoms with Crippen molar-refractivity contribution < 1.29 is 4.79 Å². The molecule has 0 atom stereocenters. The molecule has 1 amide bonds. The van der Waals surface area contributed by atoms with Gasteiger partial charge in [0.1, 0.15) is 0 Å². The molecule has 1 fully saturated rings. The Morgan fingerprint density at radius 2 is 2.14 bits per heavy atom. The molecule has 3 aromatic rings. The van der Waals surface area contributed by atoms with Gasteiger partial charge in [0, 0.05) is 30.4 Å². The number of aryl methyl sites for hydroxylation is 1. The van der Waals surface area contributed by atoms with E-state index in [1.165, 1.54) is 28.5 Å². The second-order valence-electron chi connectivity index (χ2n) is 5.98. The highest BCUT2D eigenvalue weighted by molar-refractivity contribution is 7.20. The van der Waals surface area contributed by atoms with Gasteiger partial charge in [0.05, 0.1) is 9.58 Å². The second-order valence-corrected chi connectivity index (χ2v) is 7.06. The maximum atomic E-state index is 12.3. The first-order valence-corrected chi connectivity index (χ1v) is 8.46. The minimum absolute atomic E-state index is 0.0161. The minimum Gasteiger partial charge on any atom is -0.349 e. The molecule has 1 saturated carbocycles. The summed E-state index contributed by atoms with van der Waals surface area (Å²) >= 11 is 1.58. The lowest BCUT2D eigenvalue weighted by molar-refractivity contribution is 0.0955. The highest BCUT2D eigenvalue weighted by Crippen LogP contribution is 2.38. The summed E-state index contributed by atoms with van der Waals surface area (Å²) in [6.07, 6.45) is 6.91. The zero-order valence-electron chi connectivity index (χ0n) is 12.5. The standard InChI is InChI=1S/C18H18N2OS/c1-12-4-2-3-5-13(12)9-19-18(21)16-8-14-10-20(15-6-7-15)11-17(14)22-16/h2-5,8,10-11,15H,6-7,9H2,1H3,(H,19,21). The third-order valence-corrected chi connectivity index (χ3v) is 5.32. The molecule has 4 rings (SSSR count). The number of nitrogens with one attached hydrogen (secondary N) is 1. The van der Waals surface area contributed by atoms with Gasteiger partial charge >= 0.3 is 0 Å². The van der Waals surface area contributed by atoms with Gasteiger partial charge < -0.3 is 9.88 Å². The van der Waals surface area contributed by atoms with Gasteiger partial charge in [-0.1, -0.05) is 24.3 Å². The highest BCUT2D eigenvalue weighted by atomic mass is 32.1. The van der Waals surface area contributed by atoms with Gasteiger partial charge in [-0.05, 0) is 37.0 Å². The van der Waals surface area contributed by atoms with Crippen molar-refractivity contribution in [2.24, 2.45) is 0 Å². The first-order valence-electron chi connectivity index (χ1n) is 7.64. The fraction of sp³-hybridized carbons (Fsp3) is 0.278. The molecular weight excluding hydrogens is 292 g/mol. The first-order chi connectivity index (χ1) is 10.7. The summed E-state index contributed by atoms with van der Waals surface area (Å²) in [7, 11) is 0. The van der Waals surface area contributed by atoms with Crippen LogP contribution in [-0.2, 0) is 6.54 Å². The highest BCUT2D eigenvalue weighted by Gasteiger charge is 2.24. The van der Waals surface area contributed by atoms with Crippen molar-refractivity contribution in [2.45, 2.75) is 32.4 Å². The molecule has 0 bridgehead atoms. The topological polar surface area (TPSA) is 34.0 Å². The number of carbonyl (C=O) groups is 1. The van der Waals surface area contributed by atoms with E-state index in [-0.39, 0.29) is 5.91 Å². The molecule has 0 saturated heterocycles. The van der Waals surface area contributed by atoms with Gasteiger partial charge in [0.2, 0.25) is 0 Å². The number of nitrogens with zero attached hydrogens (tertiary/aromatic N) is 1. The Labute approximate surface area is 133 Å². The average molecular weight is 310 g/mol. The number of amides is 1. The van der Waals surface area contributed by atoms with Crippen LogP contribution in [0.4, 0.5) is 0 Å². The summed E-state index contributed by atoms with van der Waals surface area (Å²) in [6, 6.07) is 10.8. The Hall–Kier alpha value is -2.07. The van der Waals surface area contributed by atoms with Crippen molar-refractivity contribution in [3.05, 3.63) is 58.7 Å². The predicted octanol–water partition coefficient (Wildman–Crippen LogP) is 4.28. The lowest BCUT2D eigenvalue weighted by Crippen LogP contribution is -2.22. The fourth-order valence-electron chi connectivity index (χ4n) is 2.72. The molecule has 0 spiro atoms. The summed E-state index contributed by atoms with van der Waals surface area (Å²) in [5.74, 6) is 0.0161. The Morgan fingerprint density at radius 1 is 1.32 bits per heavy atom. The summed E-state index contributed by atoms with van der Waals surface area (Å²) < 4.78 is 3.49. The number of aromatic nitrogens is 1. The molecule has 0 unspecified atom stereocenters. The van der Waals surface area contributed by atoms with Crippen LogP contribution in [0, 0.1) is 6.92 Å². The maximum Gasteiger partial charge on any atom is 0.261 e. The molecule has 112 valence electrons. The molecule has 4 heteroatoms. The Kier molecular flexibility index (Phi) is 3.26. The summed E-state index contributed by atoms with van der Waals surface area (Å²) in [4.78, 5) is 13.1. The number of rotatable bonds is 4. The van der Waals surface area contributed by atoms with Gasteiger partial charge in [-0.15, -0.1) is 11.3 Å². The molecule has 1 aliphatic rings. The van der Waals surface area contributed by atoms with E-state index < -0.39 is 0 Å². The molecule has 22 heavy (non-hydrogen) atoms. The zero-order chi connectivity index (χ0) is 15.1. The molecule has 2 aromatic heterocycles. The predicted molar refractivity (Wildman–Crippen MR) is 90.4 cm³/mol. The van der Waals surface area contributed by atoms with E-state index in [0.29, 0.717) is 12.6 Å². The van der Waals surface area contributed by atoms with E-state index in [1.54, 1.807) is 11.3 Å². The molecule has 1 N–H and O–H groups in total. The third kappa shape index (κ3) is 2.55. The summed E-state index contributed by atoms with van der Waals surface area (Å²) in [6.45, 7) is 2.65. The van der Waals surface area contributed by atoms with E-state index in [2.05, 4.69) is 41.3 Å². The fourth-order valence-corrected chi connectivity index (χ4v) is 3.71. The van der Waals surface area contributed by atoms with Crippen LogP contribution in [0.5, 0.6) is 0 Å². The molecule has 1 aromatic carbocycles. The van der Waals surface area contributed by atoms with Crippen LogP contribution >= 0.6 is 11.3 Å². The SMILES string of the molecule is Cc1ccccc1CNC(=O)c1cc2cn(C3CC3)cc2s1. The Bertz CT molecular complexity index is 810. The van der Waals surface area contributed by atoms with E-state index in [9.17, 15) is 4.79 Å². The molecular formula is C18H18N2OS. The van der Waals surface area contributed by atoms with Crippen LogP contribution in [0.25, 0.3) is 10.1 Å². The van der Waals surface area contributed by atoms with Crippen molar-refractivity contribution in [1.29, 1.82) is 0 Å². The van der Waals surface area contributed by atoms with Crippen molar-refractivity contribution >= 4 is 27.3 Å². The lowest BCUT2D eigenvalue weighted by Gasteiger charge is -2.06. The van der Waals surface area contributed by atoms with Crippen molar-refractivity contribution in [3.63, 3.8) is 0 Å². The summed E-state index contributed by atoms with van der Waals surface area (Å²) in [5, 5.41) is 4.20. The van der Waals surface area contributed by atoms with Crippen LogP contribution < -0.4 is 5.32 Å². The first kappa shape index (κ1) is 13.6. The smallest absolute Gasteiger partial charge is 0.261 e. The Balaban J connectivity index is 1.48. The van der Waals surface area contributed by atoms with E-state index in [1.807, 2.05) is 18.2 Å². The van der Waals surface area contributed by atoms with E-state index >= 15 is 0 Å². The quantitative estimate of drug-likeness (QED) is 0.767. The van der Waals surface area contributed by atoms with Crippen LogP contribution in [0.3, 0.4) is 0 Å².